The van der Waals surface area contributed by atoms with Crippen molar-refractivity contribution in [3.05, 3.63) is 70.6 Å². The molecule has 0 unspecified atom stereocenters. The molecular formula is C28H31N3O5S2. The smallest absolute Gasteiger partial charge is 0.341 e. The van der Waals surface area contributed by atoms with Gasteiger partial charge in [0.05, 0.1) is 22.8 Å². The molecule has 3 rings (SSSR count). The Balaban J connectivity index is 1.70. The molecule has 0 saturated heterocycles. The largest absolute Gasteiger partial charge is 0.462 e. The van der Waals surface area contributed by atoms with E-state index < -0.39 is 5.97 Å². The maximum Gasteiger partial charge on any atom is 0.341 e. The number of amides is 3. The van der Waals surface area contributed by atoms with Crippen molar-refractivity contribution in [3.8, 4) is 0 Å². The van der Waals surface area contributed by atoms with Gasteiger partial charge in [0.25, 0.3) is 5.91 Å². The van der Waals surface area contributed by atoms with Crippen LogP contribution >= 0.6 is 23.1 Å². The number of ether oxygens (including phenoxy) is 1. The topological polar surface area (TPSA) is 114 Å². The Morgan fingerprint density at radius 1 is 0.895 bits per heavy atom. The van der Waals surface area contributed by atoms with Gasteiger partial charge >= 0.3 is 5.97 Å². The van der Waals surface area contributed by atoms with Gasteiger partial charge in [-0.05, 0) is 56.2 Å². The van der Waals surface area contributed by atoms with Crippen molar-refractivity contribution in [2.75, 3.05) is 28.3 Å². The number of para-hydroxylation sites is 1. The Kier molecular flexibility index (Phi) is 10.9. The molecule has 0 saturated carbocycles. The molecule has 0 atom stereocenters. The highest BCUT2D eigenvalue weighted by Gasteiger charge is 2.26. The molecule has 8 nitrogen and oxygen atoms in total. The molecule has 3 aromatic rings. The highest BCUT2D eigenvalue weighted by atomic mass is 32.2. The summed E-state index contributed by atoms with van der Waals surface area (Å²) in [6.07, 6.45) is 2.23. The molecule has 10 heteroatoms. The number of carbonyl (C=O) groups is 4. The monoisotopic (exact) mass is 553 g/mol. The van der Waals surface area contributed by atoms with Gasteiger partial charge in [0, 0.05) is 22.7 Å². The van der Waals surface area contributed by atoms with Gasteiger partial charge < -0.3 is 20.7 Å². The molecule has 1 aromatic heterocycles. The fourth-order valence-corrected chi connectivity index (χ4v) is 5.37. The molecule has 0 radical (unpaired) electrons. The lowest BCUT2D eigenvalue weighted by Gasteiger charge is -2.08. The van der Waals surface area contributed by atoms with Crippen LogP contribution in [0.2, 0.25) is 0 Å². The van der Waals surface area contributed by atoms with Crippen molar-refractivity contribution in [2.24, 2.45) is 0 Å². The first-order chi connectivity index (χ1) is 18.3. The Bertz CT molecular complexity index is 1290. The second-order valence-corrected chi connectivity index (χ2v) is 10.4. The number of unbranched alkanes of at least 4 members (excludes halogenated alkanes) is 1. The van der Waals surface area contributed by atoms with Gasteiger partial charge in [-0.25, -0.2) is 4.79 Å². The van der Waals surface area contributed by atoms with Crippen LogP contribution in [0.5, 0.6) is 0 Å². The lowest BCUT2D eigenvalue weighted by molar-refractivity contribution is -0.116. The summed E-state index contributed by atoms with van der Waals surface area (Å²) in [5.74, 6) is -1.29. The van der Waals surface area contributed by atoms with E-state index in [1.807, 2.05) is 31.2 Å². The number of carbonyl (C=O) groups excluding carboxylic acids is 4. The zero-order chi connectivity index (χ0) is 27.5. The molecule has 0 fully saturated rings. The van der Waals surface area contributed by atoms with Crippen molar-refractivity contribution in [1.29, 1.82) is 0 Å². The molecule has 0 aliphatic rings. The SMILES string of the molecule is CCCCC(=O)Nc1cccc(SCC(=O)Nc2sc(C(=O)Nc3ccccc3)c(C)c2C(=O)OCC)c1. The molecule has 0 spiro atoms. The molecule has 1 heterocycles. The number of hydrogen-bond acceptors (Lipinski definition) is 7. The molecule has 3 N–H and O–H groups in total. The summed E-state index contributed by atoms with van der Waals surface area (Å²) in [4.78, 5) is 51.6. The van der Waals surface area contributed by atoms with E-state index in [-0.39, 0.29) is 40.6 Å². The third kappa shape index (κ3) is 8.19. The van der Waals surface area contributed by atoms with Gasteiger partial charge in [0.1, 0.15) is 5.00 Å². The number of benzene rings is 2. The number of nitrogens with one attached hydrogen (secondary N) is 3. The van der Waals surface area contributed by atoms with E-state index in [0.717, 1.165) is 29.1 Å². The maximum atomic E-state index is 12.9. The van der Waals surface area contributed by atoms with Crippen molar-refractivity contribution < 1.29 is 23.9 Å². The van der Waals surface area contributed by atoms with E-state index in [0.29, 0.717) is 28.2 Å². The molecule has 0 aliphatic carbocycles. The summed E-state index contributed by atoms with van der Waals surface area (Å²) >= 11 is 2.33. The van der Waals surface area contributed by atoms with Gasteiger partial charge in [-0.2, -0.15) is 0 Å². The van der Waals surface area contributed by atoms with Crippen LogP contribution in [0, 0.1) is 6.92 Å². The minimum absolute atomic E-state index is 0.0431. The Morgan fingerprint density at radius 3 is 2.34 bits per heavy atom. The molecule has 2 aromatic carbocycles. The van der Waals surface area contributed by atoms with Crippen LogP contribution in [0.25, 0.3) is 0 Å². The van der Waals surface area contributed by atoms with Crippen molar-refractivity contribution in [2.45, 2.75) is 44.9 Å². The molecule has 38 heavy (non-hydrogen) atoms. The summed E-state index contributed by atoms with van der Waals surface area (Å²) in [5.41, 5.74) is 1.90. The number of esters is 1. The third-order valence-electron chi connectivity index (χ3n) is 5.36. The number of thioether (sulfide) groups is 1. The zero-order valence-corrected chi connectivity index (χ0v) is 23.2. The molecule has 0 aliphatic heterocycles. The van der Waals surface area contributed by atoms with Crippen molar-refractivity contribution in [3.63, 3.8) is 0 Å². The van der Waals surface area contributed by atoms with Crippen LogP contribution < -0.4 is 16.0 Å². The zero-order valence-electron chi connectivity index (χ0n) is 21.6. The number of anilines is 3. The van der Waals surface area contributed by atoms with Crippen molar-refractivity contribution >= 4 is 63.2 Å². The highest BCUT2D eigenvalue weighted by molar-refractivity contribution is 8.00. The summed E-state index contributed by atoms with van der Waals surface area (Å²) in [5, 5.41) is 8.73. The fourth-order valence-electron chi connectivity index (χ4n) is 3.51. The Labute approximate surface area is 230 Å². The average molecular weight is 554 g/mol. The van der Waals surface area contributed by atoms with E-state index >= 15 is 0 Å². The van der Waals surface area contributed by atoms with E-state index in [9.17, 15) is 19.2 Å². The first-order valence-electron chi connectivity index (χ1n) is 12.3. The van der Waals surface area contributed by atoms with E-state index in [4.69, 9.17) is 4.74 Å². The lowest BCUT2D eigenvalue weighted by Crippen LogP contribution is -2.16. The molecule has 0 bridgehead atoms. The predicted molar refractivity (Wildman–Crippen MR) is 153 cm³/mol. The fraction of sp³-hybridized carbons (Fsp3) is 0.286. The number of rotatable bonds is 12. The Hall–Kier alpha value is -3.63. The third-order valence-corrected chi connectivity index (χ3v) is 7.56. The highest BCUT2D eigenvalue weighted by Crippen LogP contribution is 2.35. The Morgan fingerprint density at radius 2 is 1.63 bits per heavy atom. The van der Waals surface area contributed by atoms with Gasteiger partial charge in [-0.3, -0.25) is 14.4 Å². The quantitative estimate of drug-likeness (QED) is 0.178. The second-order valence-electron chi connectivity index (χ2n) is 8.32. The van der Waals surface area contributed by atoms with Gasteiger partial charge in [-0.15, -0.1) is 23.1 Å². The van der Waals surface area contributed by atoms with Crippen LogP contribution in [-0.4, -0.2) is 36.1 Å². The van der Waals surface area contributed by atoms with Crippen LogP contribution in [0.3, 0.4) is 0 Å². The normalized spacial score (nSPS) is 10.5. The first kappa shape index (κ1) is 28.9. The van der Waals surface area contributed by atoms with Crippen LogP contribution in [-0.2, 0) is 14.3 Å². The van der Waals surface area contributed by atoms with E-state index in [1.54, 1.807) is 44.2 Å². The minimum Gasteiger partial charge on any atom is -0.462 e. The van der Waals surface area contributed by atoms with Gasteiger partial charge in [0.15, 0.2) is 0 Å². The average Bonchev–Trinajstić information content (AvgIpc) is 3.22. The minimum atomic E-state index is -0.602. The van der Waals surface area contributed by atoms with Gasteiger partial charge in [0.2, 0.25) is 11.8 Å². The summed E-state index contributed by atoms with van der Waals surface area (Å²) < 4.78 is 5.19. The number of hydrogen-bond donors (Lipinski definition) is 3. The first-order valence-corrected chi connectivity index (χ1v) is 14.1. The maximum absolute atomic E-state index is 12.9. The predicted octanol–water partition coefficient (Wildman–Crippen LogP) is 6.35. The van der Waals surface area contributed by atoms with E-state index in [1.165, 1.54) is 11.8 Å². The van der Waals surface area contributed by atoms with E-state index in [2.05, 4.69) is 16.0 Å². The second kappa shape index (κ2) is 14.3. The van der Waals surface area contributed by atoms with Gasteiger partial charge in [-0.1, -0.05) is 37.6 Å². The molecular weight excluding hydrogens is 522 g/mol. The van der Waals surface area contributed by atoms with Crippen LogP contribution in [0.1, 0.15) is 58.7 Å². The standard InChI is InChI=1S/C28H31N3O5S2/c1-4-6-15-22(32)29-20-13-10-14-21(16-20)37-17-23(33)31-27-24(28(35)36-5-2)18(3)25(38-27)26(34)30-19-11-8-7-9-12-19/h7-14,16H,4-6,15,17H2,1-3H3,(H,29,32)(H,30,34)(H,31,33). The lowest BCUT2D eigenvalue weighted by atomic mass is 10.1. The summed E-state index contributed by atoms with van der Waals surface area (Å²) in [7, 11) is 0. The number of thiophene rings is 1. The van der Waals surface area contributed by atoms with Crippen LogP contribution in [0.4, 0.5) is 16.4 Å². The van der Waals surface area contributed by atoms with Crippen molar-refractivity contribution in [1.82, 2.24) is 0 Å². The van der Waals surface area contributed by atoms with Crippen LogP contribution in [0.15, 0.2) is 59.5 Å². The summed E-state index contributed by atoms with van der Waals surface area (Å²) in [6.45, 7) is 5.54. The molecule has 200 valence electrons. The summed E-state index contributed by atoms with van der Waals surface area (Å²) in [6, 6.07) is 16.3. The molecule has 3 amide bonds.